The van der Waals surface area contributed by atoms with Gasteiger partial charge in [0.05, 0.1) is 11.8 Å². The summed E-state index contributed by atoms with van der Waals surface area (Å²) in [6, 6.07) is 6.11. The predicted molar refractivity (Wildman–Crippen MR) is 114 cm³/mol. The zero-order valence-corrected chi connectivity index (χ0v) is 18.5. The van der Waals surface area contributed by atoms with Gasteiger partial charge in [0.1, 0.15) is 0 Å². The number of hydrogen-bond acceptors (Lipinski definition) is 7. The lowest BCUT2D eigenvalue weighted by Gasteiger charge is -2.36. The molecule has 1 amide bonds. The van der Waals surface area contributed by atoms with E-state index in [1.807, 2.05) is 0 Å². The summed E-state index contributed by atoms with van der Waals surface area (Å²) in [6.45, 7) is -0.248. The topological polar surface area (TPSA) is 174 Å². The monoisotopic (exact) mass is 486 g/mol. The number of carbonyl (C=O) groups excluding carboxylic acids is 1. The van der Waals surface area contributed by atoms with Crippen molar-refractivity contribution < 1.29 is 28.2 Å². The summed E-state index contributed by atoms with van der Waals surface area (Å²) in [6.07, 6.45) is 3.18. The van der Waals surface area contributed by atoms with Crippen molar-refractivity contribution in [2.75, 3.05) is 10.8 Å². The number of ether oxygens (including phenoxy) is 1. The summed E-state index contributed by atoms with van der Waals surface area (Å²) >= 11 is 3.40. The Morgan fingerprint density at radius 1 is 1.28 bits per heavy atom. The molecule has 1 aliphatic carbocycles. The zero-order chi connectivity index (χ0) is 23.3. The number of carboxylic acid groups (broad SMARTS) is 1. The highest BCUT2D eigenvalue weighted by atomic mass is 35.5. The number of halogens is 1. The largest absolute Gasteiger partial charge is 0.478 e. The highest BCUT2D eigenvalue weighted by molar-refractivity contribution is 7.80. The second-order valence-electron chi connectivity index (χ2n) is 7.31. The van der Waals surface area contributed by atoms with Crippen molar-refractivity contribution in [1.29, 1.82) is 0 Å². The van der Waals surface area contributed by atoms with Gasteiger partial charge in [0.15, 0.2) is 0 Å². The molecule has 0 spiro atoms. The van der Waals surface area contributed by atoms with E-state index >= 15 is 0 Å². The molecule has 1 aromatic heterocycles. The molecule has 4 N–H and O–H groups in total. The summed E-state index contributed by atoms with van der Waals surface area (Å²) in [4.78, 5) is 24.4. The second-order valence-corrected chi connectivity index (χ2v) is 8.64. The third kappa shape index (κ3) is 5.23. The summed E-state index contributed by atoms with van der Waals surface area (Å²) in [5.74, 6) is -2.99. The van der Waals surface area contributed by atoms with Crippen LogP contribution in [0.1, 0.15) is 49.1 Å². The standard InChI is InChI=1S/C18H23ClN6O6S/c19-12-6-8-13(9-7-12)24(32(29)30)11-10-18(17(27)28,31-14-4-2-1-3-5-14)25-16(15(20)26)21-22-23-25/h6-9,14H,1-5,10-11H2,(H2,20,26)(H,27,28)(H,29,30). The number of carboxylic acids is 1. The zero-order valence-electron chi connectivity index (χ0n) is 17.0. The number of primary amides is 1. The maximum absolute atomic E-state index is 12.6. The minimum Gasteiger partial charge on any atom is -0.478 e. The third-order valence-corrected chi connectivity index (χ3v) is 6.26. The van der Waals surface area contributed by atoms with Crippen LogP contribution in [0.2, 0.25) is 5.02 Å². The fraction of sp³-hybridized carbons (Fsp3) is 0.500. The molecule has 2 aromatic rings. The minimum atomic E-state index is -2.49. The van der Waals surface area contributed by atoms with Gasteiger partial charge in [-0.15, -0.1) is 5.10 Å². The van der Waals surface area contributed by atoms with E-state index in [1.54, 1.807) is 0 Å². The molecule has 32 heavy (non-hydrogen) atoms. The van der Waals surface area contributed by atoms with E-state index in [2.05, 4.69) is 15.5 Å². The van der Waals surface area contributed by atoms with Crippen LogP contribution in [0.4, 0.5) is 5.69 Å². The van der Waals surface area contributed by atoms with Crippen LogP contribution in [-0.4, -0.2) is 58.6 Å². The number of nitrogens with two attached hydrogens (primary N) is 1. The maximum atomic E-state index is 12.6. The SMILES string of the molecule is NC(=O)c1nnnn1C(CCN(c1ccc(Cl)cc1)S(=O)O)(OC1CCCCC1)C(=O)O. The molecule has 0 saturated heterocycles. The Bertz CT molecular complexity index is 983. The van der Waals surface area contributed by atoms with Crippen molar-refractivity contribution in [3.05, 3.63) is 35.1 Å². The molecule has 0 bridgehead atoms. The minimum absolute atomic E-state index is 0.248. The molecule has 12 nitrogen and oxygen atoms in total. The van der Waals surface area contributed by atoms with Crippen molar-refractivity contribution in [1.82, 2.24) is 20.2 Å². The molecule has 14 heteroatoms. The maximum Gasteiger partial charge on any atom is 0.359 e. The fourth-order valence-electron chi connectivity index (χ4n) is 3.66. The first kappa shape index (κ1) is 24.0. The molecule has 174 valence electrons. The smallest absolute Gasteiger partial charge is 0.359 e. The van der Waals surface area contributed by atoms with Gasteiger partial charge >= 0.3 is 5.97 Å². The van der Waals surface area contributed by atoms with Gasteiger partial charge in [-0.2, -0.15) is 4.68 Å². The van der Waals surface area contributed by atoms with Gasteiger partial charge in [-0.3, -0.25) is 13.7 Å². The Hall–Kier alpha value is -2.61. The van der Waals surface area contributed by atoms with Crippen LogP contribution in [0.15, 0.2) is 24.3 Å². The highest BCUT2D eigenvalue weighted by Crippen LogP contribution is 2.32. The molecule has 0 aliphatic heterocycles. The third-order valence-electron chi connectivity index (χ3n) is 5.24. The van der Waals surface area contributed by atoms with Gasteiger partial charge in [-0.1, -0.05) is 30.9 Å². The molecule has 1 aliphatic rings. The van der Waals surface area contributed by atoms with Gasteiger partial charge in [0.2, 0.25) is 5.82 Å². The number of benzene rings is 1. The van der Waals surface area contributed by atoms with Crippen molar-refractivity contribution in [2.24, 2.45) is 5.73 Å². The Balaban J connectivity index is 1.99. The van der Waals surface area contributed by atoms with Crippen LogP contribution in [-0.2, 0) is 26.5 Å². The lowest BCUT2D eigenvalue weighted by molar-refractivity contribution is -0.203. The van der Waals surface area contributed by atoms with Crippen LogP contribution in [0, 0.1) is 0 Å². The number of anilines is 1. The first-order valence-corrected chi connectivity index (χ1v) is 11.3. The van der Waals surface area contributed by atoms with E-state index in [9.17, 15) is 23.5 Å². The van der Waals surface area contributed by atoms with Crippen molar-refractivity contribution >= 4 is 40.4 Å². The number of amides is 1. The van der Waals surface area contributed by atoms with Crippen LogP contribution in [0.3, 0.4) is 0 Å². The molecule has 0 radical (unpaired) electrons. The molecule has 3 rings (SSSR count). The van der Waals surface area contributed by atoms with Gasteiger partial charge in [-0.25, -0.2) is 9.00 Å². The normalized spacial score (nSPS) is 17.4. The van der Waals surface area contributed by atoms with Crippen LogP contribution >= 0.6 is 11.6 Å². The van der Waals surface area contributed by atoms with Crippen molar-refractivity contribution in [2.45, 2.75) is 50.4 Å². The van der Waals surface area contributed by atoms with Crippen LogP contribution in [0.5, 0.6) is 0 Å². The van der Waals surface area contributed by atoms with Crippen LogP contribution in [0.25, 0.3) is 0 Å². The van der Waals surface area contributed by atoms with Crippen molar-refractivity contribution in [3.8, 4) is 0 Å². The molecular weight excluding hydrogens is 464 g/mol. The number of aromatic nitrogens is 4. The molecule has 1 fully saturated rings. The molecule has 1 aromatic carbocycles. The number of carbonyl (C=O) groups is 2. The van der Waals surface area contributed by atoms with E-state index in [1.165, 1.54) is 24.3 Å². The van der Waals surface area contributed by atoms with Gasteiger partial charge < -0.3 is 15.6 Å². The van der Waals surface area contributed by atoms with Gasteiger partial charge in [0, 0.05) is 18.0 Å². The van der Waals surface area contributed by atoms with E-state index in [0.717, 1.165) is 28.2 Å². The van der Waals surface area contributed by atoms with Crippen LogP contribution < -0.4 is 10.0 Å². The first-order chi connectivity index (χ1) is 15.2. The van der Waals surface area contributed by atoms with Gasteiger partial charge in [0.25, 0.3) is 22.9 Å². The summed E-state index contributed by atoms with van der Waals surface area (Å²) in [5.41, 5.74) is 3.45. The molecular formula is C18H23ClN6O6S. The number of aliphatic carboxylic acids is 1. The van der Waals surface area contributed by atoms with E-state index < -0.39 is 40.8 Å². The summed E-state index contributed by atoms with van der Waals surface area (Å²) in [5, 5.41) is 21.3. The lowest BCUT2D eigenvalue weighted by Crippen LogP contribution is -2.51. The molecule has 1 heterocycles. The molecule has 1 saturated carbocycles. The first-order valence-electron chi connectivity index (χ1n) is 9.88. The van der Waals surface area contributed by atoms with Crippen molar-refractivity contribution in [3.63, 3.8) is 0 Å². The number of nitrogens with zero attached hydrogens (tertiary/aromatic N) is 5. The Labute approximate surface area is 191 Å². The number of rotatable bonds is 10. The van der Waals surface area contributed by atoms with E-state index in [0.29, 0.717) is 23.6 Å². The Kier molecular flexibility index (Phi) is 7.77. The number of tetrazole rings is 1. The Morgan fingerprint density at radius 3 is 2.50 bits per heavy atom. The number of hydrogen-bond donors (Lipinski definition) is 3. The van der Waals surface area contributed by atoms with Gasteiger partial charge in [-0.05, 0) is 47.5 Å². The average molecular weight is 487 g/mol. The predicted octanol–water partition coefficient (Wildman–Crippen LogP) is 1.55. The Morgan fingerprint density at radius 2 is 1.94 bits per heavy atom. The van der Waals surface area contributed by atoms with E-state index in [-0.39, 0.29) is 13.0 Å². The fourth-order valence-corrected chi connectivity index (χ4v) is 4.34. The summed E-state index contributed by atoms with van der Waals surface area (Å²) < 4.78 is 29.7. The lowest BCUT2D eigenvalue weighted by atomic mass is 9.97. The summed E-state index contributed by atoms with van der Waals surface area (Å²) in [7, 11) is 0. The average Bonchev–Trinajstić information content (AvgIpc) is 3.25. The molecule has 2 atom stereocenters. The molecule has 2 unspecified atom stereocenters. The quantitative estimate of drug-likeness (QED) is 0.420. The highest BCUT2D eigenvalue weighted by Gasteiger charge is 2.48. The second kappa shape index (κ2) is 10.3. The van der Waals surface area contributed by atoms with E-state index in [4.69, 9.17) is 22.1 Å².